The number of aromatic nitrogens is 3. The van der Waals surface area contributed by atoms with Gasteiger partial charge in [0.15, 0.2) is 5.69 Å². The predicted octanol–water partition coefficient (Wildman–Crippen LogP) is 0.779. The topological polar surface area (TPSA) is 65.7 Å². The van der Waals surface area contributed by atoms with Crippen molar-refractivity contribution < 1.29 is 19.0 Å². The molecule has 0 radical (unpaired) electrons. The molecule has 6 nitrogen and oxygen atoms in total. The molecule has 15 heavy (non-hydrogen) atoms. The van der Waals surface area contributed by atoms with Crippen LogP contribution in [-0.2, 0) is 4.94 Å². The lowest BCUT2D eigenvalue weighted by atomic mass is 10.5. The fourth-order valence-electron chi connectivity index (χ4n) is 1.17. The van der Waals surface area contributed by atoms with E-state index < -0.39 is 5.97 Å². The van der Waals surface area contributed by atoms with Gasteiger partial charge in [-0.05, 0) is 0 Å². The minimum absolute atomic E-state index is 0.0392. The van der Waals surface area contributed by atoms with Crippen molar-refractivity contribution in [2.24, 2.45) is 0 Å². The standard InChI is InChI=1S/C8H6FN3O3/c1-14-7-2-6-10-3-5(8(13)15-9)12(6)4-11-7/h2-4H,1H3. The van der Waals surface area contributed by atoms with Crippen LogP contribution in [0.3, 0.4) is 0 Å². The molecule has 0 aliphatic rings. The van der Waals surface area contributed by atoms with Gasteiger partial charge in [-0.3, -0.25) is 4.40 Å². The van der Waals surface area contributed by atoms with E-state index in [1.54, 1.807) is 0 Å². The molecule has 0 aromatic carbocycles. The second-order valence-electron chi connectivity index (χ2n) is 2.67. The number of fused-ring (bicyclic) bond motifs is 1. The van der Waals surface area contributed by atoms with Crippen molar-refractivity contribution in [1.29, 1.82) is 0 Å². The van der Waals surface area contributed by atoms with Crippen molar-refractivity contribution in [1.82, 2.24) is 14.4 Å². The maximum Gasteiger partial charge on any atom is 0.397 e. The minimum atomic E-state index is -1.12. The molecule has 0 bridgehead atoms. The summed E-state index contributed by atoms with van der Waals surface area (Å²) in [6, 6.07) is 1.51. The maximum absolute atomic E-state index is 11.7. The Morgan fingerprint density at radius 3 is 3.00 bits per heavy atom. The molecule has 0 aliphatic carbocycles. The fourth-order valence-corrected chi connectivity index (χ4v) is 1.17. The SMILES string of the molecule is COc1cc2ncc(C(=O)OF)n2cn1. The van der Waals surface area contributed by atoms with Crippen molar-refractivity contribution in [3.05, 3.63) is 24.3 Å². The van der Waals surface area contributed by atoms with Crippen molar-refractivity contribution in [3.63, 3.8) is 0 Å². The number of nitrogens with zero attached hydrogens (tertiary/aromatic N) is 3. The van der Waals surface area contributed by atoms with Gasteiger partial charge in [-0.25, -0.2) is 19.7 Å². The van der Waals surface area contributed by atoms with Gasteiger partial charge >= 0.3 is 5.97 Å². The Labute approximate surface area is 83.2 Å². The summed E-state index contributed by atoms with van der Waals surface area (Å²) >= 11 is 0. The third-order valence-electron chi connectivity index (χ3n) is 1.87. The van der Waals surface area contributed by atoms with Gasteiger partial charge in [-0.2, -0.15) is 0 Å². The molecule has 2 aromatic heterocycles. The van der Waals surface area contributed by atoms with E-state index in [0.717, 1.165) is 0 Å². The highest BCUT2D eigenvalue weighted by molar-refractivity contribution is 5.87. The van der Waals surface area contributed by atoms with E-state index in [9.17, 15) is 9.32 Å². The van der Waals surface area contributed by atoms with Crippen LogP contribution in [0.15, 0.2) is 18.6 Å². The van der Waals surface area contributed by atoms with E-state index in [1.807, 2.05) is 0 Å². The van der Waals surface area contributed by atoms with Gasteiger partial charge in [0.05, 0.1) is 13.3 Å². The third-order valence-corrected chi connectivity index (χ3v) is 1.87. The summed E-state index contributed by atoms with van der Waals surface area (Å²) in [5.74, 6) is -0.761. The molecular weight excluding hydrogens is 205 g/mol. The Kier molecular flexibility index (Phi) is 2.20. The van der Waals surface area contributed by atoms with Crippen LogP contribution in [0, 0.1) is 0 Å². The lowest BCUT2D eigenvalue weighted by Gasteiger charge is -1.99. The summed E-state index contributed by atoms with van der Waals surface area (Å²) in [6.07, 6.45) is 2.49. The zero-order valence-corrected chi connectivity index (χ0v) is 7.68. The smallest absolute Gasteiger partial charge is 0.397 e. The molecule has 0 spiro atoms. The van der Waals surface area contributed by atoms with Crippen LogP contribution in [0.1, 0.15) is 10.5 Å². The Balaban J connectivity index is 2.57. The first-order valence-electron chi connectivity index (χ1n) is 3.96. The number of carbonyl (C=O) groups excluding carboxylic acids is 1. The second kappa shape index (κ2) is 3.52. The number of ether oxygens (including phenoxy) is 1. The molecule has 2 rings (SSSR count). The summed E-state index contributed by atoms with van der Waals surface area (Å²) in [4.78, 5) is 21.7. The predicted molar refractivity (Wildman–Crippen MR) is 46.1 cm³/mol. The molecule has 0 aliphatic heterocycles. The van der Waals surface area contributed by atoms with Crippen molar-refractivity contribution >= 4 is 11.6 Å². The number of carbonyl (C=O) groups is 1. The molecule has 2 heterocycles. The molecule has 78 valence electrons. The number of hydrogen-bond donors (Lipinski definition) is 0. The van der Waals surface area contributed by atoms with E-state index in [1.165, 1.54) is 30.1 Å². The van der Waals surface area contributed by atoms with Crippen LogP contribution in [0.4, 0.5) is 4.53 Å². The van der Waals surface area contributed by atoms with E-state index in [2.05, 4.69) is 14.9 Å². The Hall–Kier alpha value is -2.18. The number of methoxy groups -OCH3 is 1. The molecular formula is C8H6FN3O3. The molecule has 0 saturated heterocycles. The van der Waals surface area contributed by atoms with Crippen molar-refractivity contribution in [3.8, 4) is 5.88 Å². The van der Waals surface area contributed by atoms with Gasteiger partial charge in [0.25, 0.3) is 0 Å². The summed E-state index contributed by atoms with van der Waals surface area (Å²) in [7, 11) is 1.46. The second-order valence-corrected chi connectivity index (χ2v) is 2.67. The zero-order valence-electron chi connectivity index (χ0n) is 7.68. The van der Waals surface area contributed by atoms with Gasteiger partial charge in [0.2, 0.25) is 5.88 Å². The lowest BCUT2D eigenvalue weighted by molar-refractivity contribution is -0.0794. The third kappa shape index (κ3) is 1.47. The average molecular weight is 211 g/mol. The van der Waals surface area contributed by atoms with Crippen LogP contribution >= 0.6 is 0 Å². The summed E-state index contributed by atoms with van der Waals surface area (Å²) < 4.78 is 17.8. The number of hydrogen-bond acceptors (Lipinski definition) is 5. The molecule has 2 aromatic rings. The number of rotatable bonds is 2. The quantitative estimate of drug-likeness (QED) is 0.734. The van der Waals surface area contributed by atoms with Crippen molar-refractivity contribution in [2.75, 3.05) is 7.11 Å². The monoisotopic (exact) mass is 211 g/mol. The number of imidazole rings is 1. The van der Waals surface area contributed by atoms with E-state index in [0.29, 0.717) is 11.5 Å². The van der Waals surface area contributed by atoms with Crippen LogP contribution in [-0.4, -0.2) is 27.4 Å². The Bertz CT molecular complexity index is 511. The highest BCUT2D eigenvalue weighted by Crippen LogP contribution is 2.12. The van der Waals surface area contributed by atoms with E-state index in [4.69, 9.17) is 4.74 Å². The first kappa shape index (κ1) is 9.38. The van der Waals surface area contributed by atoms with E-state index in [-0.39, 0.29) is 5.69 Å². The van der Waals surface area contributed by atoms with Gasteiger partial charge < -0.3 is 4.74 Å². The fraction of sp³-hybridized carbons (Fsp3) is 0.125. The Morgan fingerprint density at radius 1 is 1.53 bits per heavy atom. The lowest BCUT2D eigenvalue weighted by Crippen LogP contribution is -2.03. The average Bonchev–Trinajstić information content (AvgIpc) is 2.70. The van der Waals surface area contributed by atoms with E-state index >= 15 is 0 Å². The summed E-state index contributed by atoms with van der Waals surface area (Å²) in [5.41, 5.74) is 0.380. The minimum Gasteiger partial charge on any atom is -0.481 e. The normalized spacial score (nSPS) is 10.3. The largest absolute Gasteiger partial charge is 0.481 e. The van der Waals surface area contributed by atoms with Crippen LogP contribution in [0.2, 0.25) is 0 Å². The molecule has 0 unspecified atom stereocenters. The molecule has 0 N–H and O–H groups in total. The Morgan fingerprint density at radius 2 is 2.33 bits per heavy atom. The van der Waals surface area contributed by atoms with Gasteiger partial charge in [0.1, 0.15) is 12.0 Å². The highest BCUT2D eigenvalue weighted by atomic mass is 19.3. The first-order valence-corrected chi connectivity index (χ1v) is 3.96. The molecule has 0 fully saturated rings. The van der Waals surface area contributed by atoms with Crippen LogP contribution in [0.5, 0.6) is 5.88 Å². The molecule has 0 amide bonds. The van der Waals surface area contributed by atoms with Gasteiger partial charge in [-0.1, -0.05) is 0 Å². The zero-order chi connectivity index (χ0) is 10.8. The van der Waals surface area contributed by atoms with Gasteiger partial charge in [0, 0.05) is 10.6 Å². The summed E-state index contributed by atoms with van der Waals surface area (Å²) in [6.45, 7) is 0. The molecule has 0 saturated carbocycles. The number of halogens is 1. The van der Waals surface area contributed by atoms with Crippen LogP contribution in [0.25, 0.3) is 5.65 Å². The van der Waals surface area contributed by atoms with Crippen LogP contribution < -0.4 is 4.74 Å². The molecule has 7 heteroatoms. The van der Waals surface area contributed by atoms with Gasteiger partial charge in [-0.15, -0.1) is 0 Å². The molecule has 0 atom stereocenters. The highest BCUT2D eigenvalue weighted by Gasteiger charge is 2.14. The maximum atomic E-state index is 11.7. The first-order chi connectivity index (χ1) is 7.26. The van der Waals surface area contributed by atoms with Crippen molar-refractivity contribution in [2.45, 2.75) is 0 Å². The summed E-state index contributed by atoms with van der Waals surface area (Å²) in [5, 5.41) is 0.